The quantitative estimate of drug-likeness (QED) is 0.283. The van der Waals surface area contributed by atoms with Crippen LogP contribution in [0.3, 0.4) is 0 Å². The zero-order chi connectivity index (χ0) is 27.9. The third kappa shape index (κ3) is 7.50. The first kappa shape index (κ1) is 30.0. The fourth-order valence-corrected chi connectivity index (χ4v) is 5.83. The third-order valence-corrected chi connectivity index (χ3v) is 8.78. The zero-order valence-corrected chi connectivity index (χ0v) is 24.8. The average Bonchev–Trinajstić information content (AvgIpc) is 2.90. The van der Waals surface area contributed by atoms with Crippen LogP contribution in [-0.4, -0.2) is 44.3 Å². The fourth-order valence-electron chi connectivity index (χ4n) is 3.69. The first-order chi connectivity index (χ1) is 18.0. The highest BCUT2D eigenvalue weighted by Crippen LogP contribution is 2.28. The number of nitrogens with zero attached hydrogens (tertiary/aromatic N) is 2. The van der Waals surface area contributed by atoms with E-state index in [1.165, 1.54) is 17.0 Å². The van der Waals surface area contributed by atoms with Gasteiger partial charge in [-0.1, -0.05) is 76.4 Å². The van der Waals surface area contributed by atoms with Crippen molar-refractivity contribution < 1.29 is 18.0 Å². The third-order valence-electron chi connectivity index (χ3n) is 5.76. The Morgan fingerprint density at radius 2 is 1.68 bits per heavy atom. The number of hydrogen-bond donors (Lipinski definition) is 1. The number of nitrogens with one attached hydrogen (secondary N) is 1. The molecule has 0 aliphatic carbocycles. The maximum absolute atomic E-state index is 13.8. The minimum Gasteiger partial charge on any atom is -0.354 e. The molecule has 1 N–H and O–H groups in total. The molecule has 7 nitrogen and oxygen atoms in total. The van der Waals surface area contributed by atoms with Gasteiger partial charge in [-0.25, -0.2) is 8.42 Å². The van der Waals surface area contributed by atoms with Crippen LogP contribution in [0.2, 0.25) is 10.0 Å². The molecule has 0 unspecified atom stereocenters. The zero-order valence-electron chi connectivity index (χ0n) is 20.9. The molecule has 38 heavy (non-hydrogen) atoms. The molecule has 0 radical (unpaired) electrons. The SMILES string of the molecule is CCCNC(=O)[C@H](C)N(Cc1ccc(Cl)c(Cl)c1)C(=O)CN(c1cccc(Br)c1)S(=O)(=O)c1ccccc1. The molecule has 0 fully saturated rings. The largest absolute Gasteiger partial charge is 0.354 e. The molecule has 0 heterocycles. The second kappa shape index (κ2) is 13.5. The van der Waals surface area contributed by atoms with Crippen LogP contribution in [0, 0.1) is 0 Å². The summed E-state index contributed by atoms with van der Waals surface area (Å²) in [6, 6.07) is 18.6. The highest BCUT2D eigenvalue weighted by atomic mass is 79.9. The Hall–Kier alpha value is -2.59. The Morgan fingerprint density at radius 3 is 2.32 bits per heavy atom. The first-order valence-corrected chi connectivity index (χ1v) is 14.9. The molecule has 0 aliphatic heterocycles. The lowest BCUT2D eigenvalue weighted by Gasteiger charge is -2.32. The van der Waals surface area contributed by atoms with Crippen molar-refractivity contribution in [3.05, 3.63) is 92.9 Å². The van der Waals surface area contributed by atoms with Gasteiger partial charge in [-0.2, -0.15) is 0 Å². The number of hydrogen-bond acceptors (Lipinski definition) is 4. The van der Waals surface area contributed by atoms with Crippen molar-refractivity contribution in [2.45, 2.75) is 37.8 Å². The summed E-state index contributed by atoms with van der Waals surface area (Å²) < 4.78 is 29.1. The molecule has 3 aromatic carbocycles. The highest BCUT2D eigenvalue weighted by molar-refractivity contribution is 9.10. The van der Waals surface area contributed by atoms with Gasteiger partial charge < -0.3 is 10.2 Å². The standard InChI is InChI=1S/C27H28BrCl2N3O4S/c1-3-14-31-27(35)19(2)32(17-20-12-13-24(29)25(30)15-20)26(34)18-33(22-9-7-8-21(28)16-22)38(36,37)23-10-5-4-6-11-23/h4-13,15-16,19H,3,14,17-18H2,1-2H3,(H,31,35)/t19-/m0/s1. The van der Waals surface area contributed by atoms with E-state index >= 15 is 0 Å². The molecule has 2 amide bonds. The van der Waals surface area contributed by atoms with Crippen molar-refractivity contribution in [1.82, 2.24) is 10.2 Å². The van der Waals surface area contributed by atoms with E-state index in [1.54, 1.807) is 67.6 Å². The molecular formula is C27H28BrCl2N3O4S. The first-order valence-electron chi connectivity index (χ1n) is 11.9. The van der Waals surface area contributed by atoms with Crippen LogP contribution < -0.4 is 9.62 Å². The van der Waals surface area contributed by atoms with Gasteiger partial charge in [0.2, 0.25) is 11.8 Å². The van der Waals surface area contributed by atoms with Crippen molar-refractivity contribution in [1.29, 1.82) is 0 Å². The second-order valence-electron chi connectivity index (χ2n) is 8.54. The molecule has 3 aromatic rings. The molecule has 11 heteroatoms. The number of carbonyl (C=O) groups is 2. The van der Waals surface area contributed by atoms with E-state index in [1.807, 2.05) is 6.92 Å². The van der Waals surface area contributed by atoms with E-state index in [0.29, 0.717) is 32.3 Å². The molecule has 0 saturated heterocycles. The van der Waals surface area contributed by atoms with Crippen molar-refractivity contribution in [2.75, 3.05) is 17.4 Å². The van der Waals surface area contributed by atoms with E-state index in [0.717, 1.165) is 10.7 Å². The number of rotatable bonds is 11. The maximum atomic E-state index is 13.8. The van der Waals surface area contributed by atoms with Crippen LogP contribution >= 0.6 is 39.1 Å². The number of halogens is 3. The van der Waals surface area contributed by atoms with Gasteiger partial charge in [-0.3, -0.25) is 13.9 Å². The monoisotopic (exact) mass is 639 g/mol. The Bertz CT molecular complexity index is 1390. The topological polar surface area (TPSA) is 86.8 Å². The Balaban J connectivity index is 2.02. The summed E-state index contributed by atoms with van der Waals surface area (Å²) >= 11 is 15.6. The predicted molar refractivity (Wildman–Crippen MR) is 155 cm³/mol. The summed E-state index contributed by atoms with van der Waals surface area (Å²) in [6.45, 7) is 3.47. The van der Waals surface area contributed by atoms with Crippen LogP contribution in [-0.2, 0) is 26.2 Å². The maximum Gasteiger partial charge on any atom is 0.264 e. The van der Waals surface area contributed by atoms with Gasteiger partial charge >= 0.3 is 0 Å². The van der Waals surface area contributed by atoms with E-state index in [-0.39, 0.29) is 17.3 Å². The Labute approximate surface area is 241 Å². The predicted octanol–water partition coefficient (Wildman–Crippen LogP) is 5.89. The minimum atomic E-state index is -4.12. The molecule has 0 spiro atoms. The molecule has 3 rings (SSSR count). The summed E-state index contributed by atoms with van der Waals surface area (Å²) in [5.74, 6) is -0.908. The lowest BCUT2D eigenvalue weighted by molar-refractivity contribution is -0.139. The van der Waals surface area contributed by atoms with E-state index in [2.05, 4.69) is 21.2 Å². The van der Waals surface area contributed by atoms with Gasteiger partial charge in [0.05, 0.1) is 20.6 Å². The molecule has 0 saturated carbocycles. The Morgan fingerprint density at radius 1 is 0.974 bits per heavy atom. The van der Waals surface area contributed by atoms with Crippen LogP contribution in [0.15, 0.2) is 82.2 Å². The van der Waals surface area contributed by atoms with Gasteiger partial charge in [0.1, 0.15) is 12.6 Å². The van der Waals surface area contributed by atoms with Crippen LogP contribution in [0.1, 0.15) is 25.8 Å². The molecular weight excluding hydrogens is 613 g/mol. The van der Waals surface area contributed by atoms with Gasteiger partial charge in [-0.05, 0) is 61.4 Å². The minimum absolute atomic E-state index is 0.0220. The molecule has 1 atom stereocenters. The van der Waals surface area contributed by atoms with Crippen molar-refractivity contribution in [3.63, 3.8) is 0 Å². The summed E-state index contributed by atoms with van der Waals surface area (Å²) in [5, 5.41) is 3.47. The lowest BCUT2D eigenvalue weighted by Crippen LogP contribution is -2.51. The molecule has 0 bridgehead atoms. The fraction of sp³-hybridized carbons (Fsp3) is 0.259. The Kier molecular flexibility index (Phi) is 10.6. The smallest absolute Gasteiger partial charge is 0.264 e. The molecule has 0 aromatic heterocycles. The van der Waals surface area contributed by atoms with Gasteiger partial charge in [0.15, 0.2) is 0 Å². The summed E-state index contributed by atoms with van der Waals surface area (Å²) in [6.07, 6.45) is 0.727. The average molecular weight is 641 g/mol. The number of anilines is 1. The second-order valence-corrected chi connectivity index (χ2v) is 12.1. The van der Waals surface area contributed by atoms with E-state index in [9.17, 15) is 18.0 Å². The van der Waals surface area contributed by atoms with E-state index in [4.69, 9.17) is 23.2 Å². The lowest BCUT2D eigenvalue weighted by atomic mass is 10.1. The summed E-state index contributed by atoms with van der Waals surface area (Å²) in [7, 11) is -4.12. The van der Waals surface area contributed by atoms with Gasteiger partial charge in [0.25, 0.3) is 10.0 Å². The van der Waals surface area contributed by atoms with Crippen LogP contribution in [0.5, 0.6) is 0 Å². The number of carbonyl (C=O) groups excluding carboxylic acids is 2. The van der Waals surface area contributed by atoms with Crippen molar-refractivity contribution >= 4 is 66.7 Å². The van der Waals surface area contributed by atoms with Gasteiger partial charge in [-0.15, -0.1) is 0 Å². The molecule has 0 aliphatic rings. The molecule has 202 valence electrons. The summed E-state index contributed by atoms with van der Waals surface area (Å²) in [5.41, 5.74) is 0.942. The number of amides is 2. The summed E-state index contributed by atoms with van der Waals surface area (Å²) in [4.78, 5) is 28.1. The highest BCUT2D eigenvalue weighted by Gasteiger charge is 2.32. The van der Waals surface area contributed by atoms with Crippen molar-refractivity contribution in [2.24, 2.45) is 0 Å². The van der Waals surface area contributed by atoms with Crippen LogP contribution in [0.4, 0.5) is 5.69 Å². The number of benzene rings is 3. The van der Waals surface area contributed by atoms with Crippen molar-refractivity contribution in [3.8, 4) is 0 Å². The van der Waals surface area contributed by atoms with Gasteiger partial charge in [0, 0.05) is 17.6 Å². The van der Waals surface area contributed by atoms with Crippen LogP contribution in [0.25, 0.3) is 0 Å². The number of sulfonamides is 1. The van der Waals surface area contributed by atoms with E-state index < -0.39 is 28.5 Å². The normalized spacial score (nSPS) is 12.0.